The summed E-state index contributed by atoms with van der Waals surface area (Å²) in [5.74, 6) is 0. The van der Waals surface area contributed by atoms with Crippen molar-refractivity contribution in [1.82, 2.24) is 10.2 Å². The predicted molar refractivity (Wildman–Crippen MR) is 79.0 cm³/mol. The van der Waals surface area contributed by atoms with Crippen molar-refractivity contribution in [3.8, 4) is 0 Å². The van der Waals surface area contributed by atoms with Crippen LogP contribution in [0.1, 0.15) is 71.6 Å². The van der Waals surface area contributed by atoms with Crippen LogP contribution in [-0.2, 0) is 0 Å². The summed E-state index contributed by atoms with van der Waals surface area (Å²) in [5.41, 5.74) is 0. The highest BCUT2D eigenvalue weighted by Crippen LogP contribution is 2.30. The number of nitrogens with one attached hydrogen (secondary N) is 1. The first-order valence-corrected chi connectivity index (χ1v) is 8.36. The van der Waals surface area contributed by atoms with Gasteiger partial charge >= 0.3 is 0 Å². The summed E-state index contributed by atoms with van der Waals surface area (Å²) in [5, 5.41) is 3.77. The first-order valence-electron chi connectivity index (χ1n) is 8.36. The molecule has 2 fully saturated rings. The molecule has 0 aromatic carbocycles. The third-order valence-corrected chi connectivity index (χ3v) is 5.03. The van der Waals surface area contributed by atoms with Gasteiger partial charge in [0.25, 0.3) is 0 Å². The van der Waals surface area contributed by atoms with E-state index < -0.39 is 0 Å². The second-order valence-corrected chi connectivity index (χ2v) is 6.14. The van der Waals surface area contributed by atoms with E-state index >= 15 is 0 Å². The summed E-state index contributed by atoms with van der Waals surface area (Å²) in [6.45, 7) is 7.00. The number of likely N-dealkylation sites (N-methyl/N-ethyl adjacent to an activating group) is 2. The Balaban J connectivity index is 2.03. The van der Waals surface area contributed by atoms with Crippen LogP contribution >= 0.6 is 0 Å². The second kappa shape index (κ2) is 7.49. The smallest absolute Gasteiger partial charge is 0.0252 e. The average molecular weight is 252 g/mol. The van der Waals surface area contributed by atoms with Crippen molar-refractivity contribution in [2.75, 3.05) is 13.1 Å². The third kappa shape index (κ3) is 3.48. The standard InChI is InChI=1S/C16H32N2/c1-3-17-15-12-6-5-7-13-16(15)18(4-2)14-10-8-9-11-14/h14-17H,3-13H2,1-2H3. The Hall–Kier alpha value is -0.0800. The Labute approximate surface area is 114 Å². The molecule has 2 heteroatoms. The number of hydrogen-bond donors (Lipinski definition) is 1. The zero-order valence-corrected chi connectivity index (χ0v) is 12.5. The van der Waals surface area contributed by atoms with Crippen LogP contribution in [0.15, 0.2) is 0 Å². The Morgan fingerprint density at radius 1 is 0.889 bits per heavy atom. The van der Waals surface area contributed by atoms with E-state index in [-0.39, 0.29) is 0 Å². The van der Waals surface area contributed by atoms with Crippen LogP contribution < -0.4 is 5.32 Å². The number of hydrogen-bond acceptors (Lipinski definition) is 2. The molecule has 0 amide bonds. The lowest BCUT2D eigenvalue weighted by Gasteiger charge is -2.40. The normalized spacial score (nSPS) is 30.8. The molecule has 2 unspecified atom stereocenters. The molecular formula is C16H32N2. The summed E-state index contributed by atoms with van der Waals surface area (Å²) in [6, 6.07) is 2.44. The molecule has 2 nitrogen and oxygen atoms in total. The Morgan fingerprint density at radius 3 is 2.22 bits per heavy atom. The summed E-state index contributed by atoms with van der Waals surface area (Å²) in [4.78, 5) is 2.85. The molecule has 0 saturated heterocycles. The molecule has 0 radical (unpaired) electrons. The maximum absolute atomic E-state index is 3.77. The van der Waals surface area contributed by atoms with Gasteiger partial charge in [-0.2, -0.15) is 0 Å². The summed E-state index contributed by atoms with van der Waals surface area (Å²) >= 11 is 0. The largest absolute Gasteiger partial charge is 0.313 e. The topological polar surface area (TPSA) is 15.3 Å². The molecule has 2 rings (SSSR count). The fourth-order valence-corrected chi connectivity index (χ4v) is 4.18. The maximum atomic E-state index is 3.77. The number of nitrogens with zero attached hydrogens (tertiary/aromatic N) is 1. The molecule has 0 aromatic rings. The van der Waals surface area contributed by atoms with Crippen molar-refractivity contribution in [1.29, 1.82) is 0 Å². The lowest BCUT2D eigenvalue weighted by molar-refractivity contribution is 0.106. The highest BCUT2D eigenvalue weighted by atomic mass is 15.2. The van der Waals surface area contributed by atoms with E-state index in [0.717, 1.165) is 24.7 Å². The molecule has 2 saturated carbocycles. The summed E-state index contributed by atoms with van der Waals surface area (Å²) in [7, 11) is 0. The molecule has 2 atom stereocenters. The van der Waals surface area contributed by atoms with E-state index in [0.29, 0.717) is 0 Å². The Bertz CT molecular complexity index is 223. The number of rotatable bonds is 5. The van der Waals surface area contributed by atoms with Gasteiger partial charge in [0.05, 0.1) is 0 Å². The minimum atomic E-state index is 0.748. The molecule has 0 aromatic heterocycles. The lowest BCUT2D eigenvalue weighted by atomic mass is 9.98. The van der Waals surface area contributed by atoms with Crippen LogP contribution in [0.3, 0.4) is 0 Å². The minimum Gasteiger partial charge on any atom is -0.313 e. The van der Waals surface area contributed by atoms with Crippen LogP contribution in [0.5, 0.6) is 0 Å². The highest BCUT2D eigenvalue weighted by Gasteiger charge is 2.32. The van der Waals surface area contributed by atoms with Crippen molar-refractivity contribution in [3.63, 3.8) is 0 Å². The SMILES string of the molecule is CCNC1CCCCCC1N(CC)C1CCCC1. The maximum Gasteiger partial charge on any atom is 0.0252 e. The highest BCUT2D eigenvalue weighted by molar-refractivity contribution is 4.90. The molecule has 2 aliphatic rings. The molecule has 1 N–H and O–H groups in total. The van der Waals surface area contributed by atoms with E-state index in [9.17, 15) is 0 Å². The molecule has 0 heterocycles. The quantitative estimate of drug-likeness (QED) is 0.753. The van der Waals surface area contributed by atoms with Gasteiger partial charge in [0.2, 0.25) is 0 Å². The summed E-state index contributed by atoms with van der Waals surface area (Å²) < 4.78 is 0. The predicted octanol–water partition coefficient (Wildman–Crippen LogP) is 3.56. The Morgan fingerprint density at radius 2 is 1.56 bits per heavy atom. The van der Waals surface area contributed by atoms with Crippen molar-refractivity contribution in [3.05, 3.63) is 0 Å². The molecule has 2 aliphatic carbocycles. The first kappa shape index (κ1) is 14.3. The van der Waals surface area contributed by atoms with Crippen LogP contribution in [-0.4, -0.2) is 36.1 Å². The molecule has 18 heavy (non-hydrogen) atoms. The van der Waals surface area contributed by atoms with E-state index in [4.69, 9.17) is 0 Å². The molecular weight excluding hydrogens is 220 g/mol. The molecule has 0 spiro atoms. The van der Waals surface area contributed by atoms with Crippen LogP contribution in [0.25, 0.3) is 0 Å². The van der Waals surface area contributed by atoms with E-state index in [1.54, 1.807) is 0 Å². The van der Waals surface area contributed by atoms with Gasteiger partial charge < -0.3 is 5.32 Å². The van der Waals surface area contributed by atoms with Crippen LogP contribution in [0.2, 0.25) is 0 Å². The molecule has 0 bridgehead atoms. The third-order valence-electron chi connectivity index (χ3n) is 5.03. The van der Waals surface area contributed by atoms with Gasteiger partial charge in [-0.05, 0) is 38.8 Å². The zero-order valence-electron chi connectivity index (χ0n) is 12.5. The van der Waals surface area contributed by atoms with Crippen molar-refractivity contribution in [2.45, 2.75) is 89.8 Å². The fourth-order valence-electron chi connectivity index (χ4n) is 4.18. The minimum absolute atomic E-state index is 0.748. The van der Waals surface area contributed by atoms with Gasteiger partial charge in [0.15, 0.2) is 0 Å². The van der Waals surface area contributed by atoms with Gasteiger partial charge in [-0.1, -0.05) is 46.0 Å². The zero-order chi connectivity index (χ0) is 12.8. The first-order chi connectivity index (χ1) is 8.86. The van der Waals surface area contributed by atoms with Crippen molar-refractivity contribution >= 4 is 0 Å². The van der Waals surface area contributed by atoms with Gasteiger partial charge in [-0.3, -0.25) is 4.90 Å². The van der Waals surface area contributed by atoms with Gasteiger partial charge in [-0.25, -0.2) is 0 Å². The van der Waals surface area contributed by atoms with Gasteiger partial charge in [-0.15, -0.1) is 0 Å². The fraction of sp³-hybridized carbons (Fsp3) is 1.00. The van der Waals surface area contributed by atoms with Gasteiger partial charge in [0.1, 0.15) is 0 Å². The lowest BCUT2D eigenvalue weighted by Crippen LogP contribution is -2.52. The van der Waals surface area contributed by atoms with E-state index in [1.807, 2.05) is 0 Å². The molecule has 0 aliphatic heterocycles. The average Bonchev–Trinajstić information content (AvgIpc) is 2.81. The second-order valence-electron chi connectivity index (χ2n) is 6.14. The van der Waals surface area contributed by atoms with Gasteiger partial charge in [0, 0.05) is 18.1 Å². The van der Waals surface area contributed by atoms with Crippen LogP contribution in [0, 0.1) is 0 Å². The van der Waals surface area contributed by atoms with E-state index in [2.05, 4.69) is 24.1 Å². The van der Waals surface area contributed by atoms with Crippen molar-refractivity contribution < 1.29 is 0 Å². The van der Waals surface area contributed by atoms with E-state index in [1.165, 1.54) is 64.3 Å². The monoisotopic (exact) mass is 252 g/mol. The molecule has 106 valence electrons. The van der Waals surface area contributed by atoms with Crippen molar-refractivity contribution in [2.24, 2.45) is 0 Å². The summed E-state index contributed by atoms with van der Waals surface area (Å²) in [6.07, 6.45) is 12.9. The Kier molecular flexibility index (Phi) is 5.97. The van der Waals surface area contributed by atoms with Crippen LogP contribution in [0.4, 0.5) is 0 Å².